The fourth-order valence-corrected chi connectivity index (χ4v) is 5.63. The summed E-state index contributed by atoms with van der Waals surface area (Å²) < 4.78 is 7.16. The van der Waals surface area contributed by atoms with Gasteiger partial charge in [0.15, 0.2) is 0 Å². The Hall–Kier alpha value is -4.27. The van der Waals surface area contributed by atoms with E-state index in [1.807, 2.05) is 34.9 Å². The normalized spacial score (nSPS) is 19.8. The number of nitrogens with zero attached hydrogens (tertiary/aromatic N) is 2. The number of carbonyl (C=O) groups is 2. The number of pyridine rings is 1. The van der Waals surface area contributed by atoms with E-state index in [9.17, 15) is 14.4 Å². The van der Waals surface area contributed by atoms with Crippen LogP contribution in [0.1, 0.15) is 41.2 Å². The van der Waals surface area contributed by atoms with Crippen LogP contribution in [0.15, 0.2) is 65.5 Å². The van der Waals surface area contributed by atoms with E-state index in [0.29, 0.717) is 35.2 Å². The Bertz CT molecular complexity index is 1450. The van der Waals surface area contributed by atoms with Gasteiger partial charge in [0.05, 0.1) is 18.5 Å². The van der Waals surface area contributed by atoms with Crippen molar-refractivity contribution in [3.8, 4) is 5.75 Å². The number of aromatic nitrogens is 1. The number of nitrogens with one attached hydrogen (secondary N) is 3. The molecule has 1 saturated carbocycles. The summed E-state index contributed by atoms with van der Waals surface area (Å²) in [6, 6.07) is 17.9. The van der Waals surface area contributed by atoms with Crippen molar-refractivity contribution in [2.45, 2.75) is 37.8 Å². The number of hydrogen-bond acceptors (Lipinski definition) is 5. The zero-order chi connectivity index (χ0) is 26.2. The Morgan fingerprint density at radius 3 is 2.61 bits per heavy atom. The van der Waals surface area contributed by atoms with E-state index < -0.39 is 6.03 Å². The van der Waals surface area contributed by atoms with Gasteiger partial charge in [-0.15, -0.1) is 0 Å². The third-order valence-electron chi connectivity index (χ3n) is 7.57. The number of hydrogen-bond donors (Lipinski definition) is 3. The van der Waals surface area contributed by atoms with Crippen molar-refractivity contribution < 1.29 is 14.3 Å². The van der Waals surface area contributed by atoms with Crippen molar-refractivity contribution in [2.24, 2.45) is 5.92 Å². The van der Waals surface area contributed by atoms with Gasteiger partial charge in [-0.05, 0) is 61.6 Å². The van der Waals surface area contributed by atoms with Crippen LogP contribution in [-0.4, -0.2) is 42.7 Å². The van der Waals surface area contributed by atoms with Gasteiger partial charge in [-0.25, -0.2) is 4.79 Å². The van der Waals surface area contributed by atoms with E-state index >= 15 is 0 Å². The number of rotatable bonds is 6. The second-order valence-corrected chi connectivity index (χ2v) is 10.4. The minimum atomic E-state index is -0.409. The van der Waals surface area contributed by atoms with Crippen LogP contribution < -0.4 is 31.1 Å². The van der Waals surface area contributed by atoms with Crippen LogP contribution in [0.25, 0.3) is 0 Å². The molecular formula is C29H31N5O4. The molecular weight excluding hydrogens is 482 g/mol. The molecule has 9 nitrogen and oxygen atoms in total. The number of benzene rings is 2. The van der Waals surface area contributed by atoms with E-state index in [1.165, 1.54) is 0 Å². The maximum Gasteiger partial charge on any atom is 0.323 e. The fraction of sp³-hybridized carbons (Fsp3) is 0.345. The molecule has 196 valence electrons. The fourth-order valence-electron chi connectivity index (χ4n) is 5.63. The number of piperidine rings is 1. The first-order chi connectivity index (χ1) is 18.5. The molecule has 38 heavy (non-hydrogen) atoms. The van der Waals surface area contributed by atoms with Crippen molar-refractivity contribution in [1.82, 2.24) is 9.88 Å². The van der Waals surface area contributed by atoms with E-state index in [-0.39, 0.29) is 23.4 Å². The molecule has 0 radical (unpaired) electrons. The SMILES string of the molecule is COc1cccc(NC(=O)Nc2cc(C(=O)NC3CC3)ccc2N2CC3CC(C2)c2cccc(=O)n2C3)c1. The number of anilines is 3. The smallest absolute Gasteiger partial charge is 0.323 e. The number of carbonyl (C=O) groups excluding carboxylic acids is 2. The first-order valence-corrected chi connectivity index (χ1v) is 13.1. The second-order valence-electron chi connectivity index (χ2n) is 10.4. The molecule has 9 heteroatoms. The average molecular weight is 514 g/mol. The van der Waals surface area contributed by atoms with Crippen molar-refractivity contribution in [2.75, 3.05) is 35.7 Å². The summed E-state index contributed by atoms with van der Waals surface area (Å²) in [5.74, 6) is 1.03. The largest absolute Gasteiger partial charge is 0.497 e. The highest BCUT2D eigenvalue weighted by Crippen LogP contribution is 2.39. The second kappa shape index (κ2) is 9.89. The minimum Gasteiger partial charge on any atom is -0.497 e. The lowest BCUT2D eigenvalue weighted by Gasteiger charge is -2.44. The molecule has 0 spiro atoms. The standard InChI is InChI=1S/C29H31N5O4/c1-38-23-5-2-4-22(14-23)31-29(37)32-24-13-19(28(36)30-21-9-10-21)8-11-26(24)33-15-18-12-20(17-33)25-6-3-7-27(35)34(25)16-18/h2-8,11,13-14,18,20-21H,9-10,12,15-17H2,1H3,(H,30,36)(H2,31,32,37). The first kappa shape index (κ1) is 24.1. The lowest BCUT2D eigenvalue weighted by molar-refractivity contribution is 0.0951. The summed E-state index contributed by atoms with van der Waals surface area (Å²) in [6.07, 6.45) is 3.03. The predicted octanol–water partition coefficient (Wildman–Crippen LogP) is 4.02. The lowest BCUT2D eigenvalue weighted by Crippen LogP contribution is -2.47. The van der Waals surface area contributed by atoms with Crippen LogP contribution in [-0.2, 0) is 6.54 Å². The Kier molecular flexibility index (Phi) is 6.27. The quantitative estimate of drug-likeness (QED) is 0.462. The predicted molar refractivity (Wildman–Crippen MR) is 146 cm³/mol. The number of ether oxygens (including phenoxy) is 1. The van der Waals surface area contributed by atoms with Crippen molar-refractivity contribution >= 4 is 29.0 Å². The van der Waals surface area contributed by atoms with Gasteiger partial charge in [0.2, 0.25) is 0 Å². The molecule has 1 saturated heterocycles. The van der Waals surface area contributed by atoms with Gasteiger partial charge in [0.25, 0.3) is 11.5 Å². The summed E-state index contributed by atoms with van der Waals surface area (Å²) in [6.45, 7) is 2.17. The molecule has 3 N–H and O–H groups in total. The van der Waals surface area contributed by atoms with E-state index in [2.05, 4.69) is 20.9 Å². The molecule has 1 aliphatic carbocycles. The molecule has 2 aliphatic heterocycles. The zero-order valence-corrected chi connectivity index (χ0v) is 21.3. The maximum absolute atomic E-state index is 13.1. The van der Waals surface area contributed by atoms with Crippen LogP contribution in [0.3, 0.4) is 0 Å². The van der Waals surface area contributed by atoms with Gasteiger partial charge in [0.1, 0.15) is 5.75 Å². The van der Waals surface area contributed by atoms with Crippen molar-refractivity contribution in [3.05, 3.63) is 82.3 Å². The van der Waals surface area contributed by atoms with Crippen LogP contribution in [0.2, 0.25) is 0 Å². The first-order valence-electron chi connectivity index (χ1n) is 13.1. The van der Waals surface area contributed by atoms with Crippen molar-refractivity contribution in [1.29, 1.82) is 0 Å². The summed E-state index contributed by atoms with van der Waals surface area (Å²) in [5, 5.41) is 8.87. The molecule has 6 rings (SSSR count). The summed E-state index contributed by atoms with van der Waals surface area (Å²) in [5.41, 5.74) is 3.64. The van der Waals surface area contributed by atoms with E-state index in [4.69, 9.17) is 4.74 Å². The average Bonchev–Trinajstić information content (AvgIpc) is 3.73. The van der Waals surface area contributed by atoms with Crippen LogP contribution >= 0.6 is 0 Å². The summed E-state index contributed by atoms with van der Waals surface area (Å²) in [4.78, 5) is 40.6. The molecule has 3 aliphatic rings. The van der Waals surface area contributed by atoms with Gasteiger partial charge in [0, 0.05) is 60.7 Å². The van der Waals surface area contributed by atoms with Crippen molar-refractivity contribution in [3.63, 3.8) is 0 Å². The molecule has 3 heterocycles. The maximum atomic E-state index is 13.1. The molecule has 2 fully saturated rings. The van der Waals surface area contributed by atoms with Gasteiger partial charge >= 0.3 is 6.03 Å². The molecule has 3 amide bonds. The number of urea groups is 1. The number of amides is 3. The molecule has 2 unspecified atom stereocenters. The molecule has 2 bridgehead atoms. The Balaban J connectivity index is 1.28. The van der Waals surface area contributed by atoms with E-state index in [1.54, 1.807) is 37.4 Å². The summed E-state index contributed by atoms with van der Waals surface area (Å²) in [7, 11) is 1.58. The van der Waals surface area contributed by atoms with Gasteiger partial charge < -0.3 is 30.2 Å². The lowest BCUT2D eigenvalue weighted by atomic mass is 9.83. The molecule has 2 aromatic carbocycles. The van der Waals surface area contributed by atoms with Crippen LogP contribution in [0.4, 0.5) is 21.9 Å². The molecule has 2 atom stereocenters. The highest BCUT2D eigenvalue weighted by atomic mass is 16.5. The van der Waals surface area contributed by atoms with Gasteiger partial charge in [-0.3, -0.25) is 9.59 Å². The minimum absolute atomic E-state index is 0.0493. The summed E-state index contributed by atoms with van der Waals surface area (Å²) >= 11 is 0. The molecule has 1 aromatic heterocycles. The van der Waals surface area contributed by atoms with Crippen LogP contribution in [0, 0.1) is 5.92 Å². The Labute approximate surface area is 220 Å². The Morgan fingerprint density at radius 1 is 0.947 bits per heavy atom. The highest BCUT2D eigenvalue weighted by Gasteiger charge is 2.35. The number of methoxy groups -OCH3 is 1. The zero-order valence-electron chi connectivity index (χ0n) is 21.3. The van der Waals surface area contributed by atoms with Gasteiger partial charge in [-0.2, -0.15) is 0 Å². The number of fused-ring (bicyclic) bond motifs is 4. The van der Waals surface area contributed by atoms with Crippen LogP contribution in [0.5, 0.6) is 5.75 Å². The van der Waals surface area contributed by atoms with Gasteiger partial charge in [-0.1, -0.05) is 12.1 Å². The Morgan fingerprint density at radius 2 is 1.79 bits per heavy atom. The molecule has 3 aromatic rings. The third kappa shape index (κ3) is 4.96. The monoisotopic (exact) mass is 513 g/mol. The topological polar surface area (TPSA) is 105 Å². The van der Waals surface area contributed by atoms with E-state index in [0.717, 1.165) is 43.7 Å². The highest BCUT2D eigenvalue weighted by molar-refractivity contribution is 6.04. The third-order valence-corrected chi connectivity index (χ3v) is 7.57.